The fourth-order valence-corrected chi connectivity index (χ4v) is 2.61. The van der Waals surface area contributed by atoms with Crippen LogP contribution >= 0.6 is 0 Å². The lowest BCUT2D eigenvalue weighted by Gasteiger charge is -2.11. The number of nitrogens with zero attached hydrogens (tertiary/aromatic N) is 1. The van der Waals surface area contributed by atoms with E-state index in [2.05, 4.69) is 22.1 Å². The molecule has 1 fully saturated rings. The van der Waals surface area contributed by atoms with Crippen molar-refractivity contribution < 1.29 is 23.0 Å². The molecule has 30 heavy (non-hydrogen) atoms. The topological polar surface area (TPSA) is 60.5 Å². The van der Waals surface area contributed by atoms with Gasteiger partial charge in [0, 0.05) is 22.9 Å². The van der Waals surface area contributed by atoms with Crippen LogP contribution in [0.3, 0.4) is 0 Å². The molecule has 0 aliphatic carbocycles. The number of carbonyl (C=O) groups excluding carboxylic acids is 1. The highest BCUT2D eigenvalue weighted by atomic mass is 19.1. The lowest BCUT2D eigenvalue weighted by Crippen LogP contribution is -2.19. The smallest absolute Gasteiger partial charge is 0.407 e. The molecule has 5 nitrogen and oxygen atoms in total. The quantitative estimate of drug-likeness (QED) is 0.645. The molecule has 1 saturated heterocycles. The Bertz CT molecular complexity index is 1040. The average molecular weight is 408 g/mol. The van der Waals surface area contributed by atoms with E-state index in [1.807, 2.05) is 36.4 Å². The molecule has 152 valence electrons. The number of aromatic nitrogens is 1. The van der Waals surface area contributed by atoms with Gasteiger partial charge < -0.3 is 14.8 Å². The maximum atomic E-state index is 11.9. The monoisotopic (exact) mass is 408 g/mol. The van der Waals surface area contributed by atoms with E-state index in [4.69, 9.17) is 9.47 Å². The van der Waals surface area contributed by atoms with Gasteiger partial charge in [0.2, 0.25) is 5.88 Å². The van der Waals surface area contributed by atoms with Crippen LogP contribution in [0, 0.1) is 23.5 Å². The zero-order chi connectivity index (χ0) is 21.3. The molecule has 1 aliphatic rings. The molecule has 1 N–H and O–H groups in total. The molecule has 2 aromatic carbocycles. The molecule has 3 aromatic rings. The van der Waals surface area contributed by atoms with Gasteiger partial charge in [0.1, 0.15) is 18.2 Å². The SMILES string of the molecule is COc1ncc(C#Cc2ccccc2)cc1[C@@H]1COC(=O)N1.Fc1ccc(F)cc1. The van der Waals surface area contributed by atoms with Gasteiger partial charge in [-0.15, -0.1) is 0 Å². The second-order valence-corrected chi connectivity index (χ2v) is 6.17. The highest BCUT2D eigenvalue weighted by Crippen LogP contribution is 2.26. The van der Waals surface area contributed by atoms with Gasteiger partial charge in [-0.25, -0.2) is 18.6 Å². The van der Waals surface area contributed by atoms with Gasteiger partial charge in [0.25, 0.3) is 0 Å². The molecule has 0 bridgehead atoms. The Hall–Kier alpha value is -3.92. The minimum absolute atomic E-state index is 0.256. The van der Waals surface area contributed by atoms with E-state index in [0.717, 1.165) is 41.0 Å². The normalized spacial score (nSPS) is 14.4. The number of carbonyl (C=O) groups is 1. The average Bonchev–Trinajstić information content (AvgIpc) is 3.21. The molecule has 0 spiro atoms. The zero-order valence-electron chi connectivity index (χ0n) is 16.1. The number of alkyl carbamates (subject to hydrolysis) is 1. The number of benzene rings is 2. The largest absolute Gasteiger partial charge is 0.481 e. The van der Waals surface area contributed by atoms with E-state index in [-0.39, 0.29) is 12.6 Å². The second kappa shape index (κ2) is 10.0. The van der Waals surface area contributed by atoms with Gasteiger partial charge in [-0.1, -0.05) is 30.0 Å². The van der Waals surface area contributed by atoms with Crippen LogP contribution in [-0.2, 0) is 4.74 Å². The fourth-order valence-electron chi connectivity index (χ4n) is 2.61. The summed E-state index contributed by atoms with van der Waals surface area (Å²) in [4.78, 5) is 15.4. The summed E-state index contributed by atoms with van der Waals surface area (Å²) in [7, 11) is 1.54. The van der Waals surface area contributed by atoms with Crippen molar-refractivity contribution in [1.82, 2.24) is 10.3 Å². The van der Waals surface area contributed by atoms with Crippen LogP contribution in [-0.4, -0.2) is 24.8 Å². The third-order valence-electron chi connectivity index (χ3n) is 4.05. The summed E-state index contributed by atoms with van der Waals surface area (Å²) in [5.41, 5.74) is 2.44. The van der Waals surface area contributed by atoms with Crippen LogP contribution in [0.1, 0.15) is 22.7 Å². The number of nitrogens with one attached hydrogen (secondary N) is 1. The van der Waals surface area contributed by atoms with Crippen molar-refractivity contribution in [3.8, 4) is 17.7 Å². The molecule has 0 radical (unpaired) electrons. The van der Waals surface area contributed by atoms with Gasteiger partial charge in [0.15, 0.2) is 0 Å². The molecule has 1 atom stereocenters. The van der Waals surface area contributed by atoms with Crippen molar-refractivity contribution in [2.24, 2.45) is 0 Å². The van der Waals surface area contributed by atoms with Gasteiger partial charge in [-0.3, -0.25) is 0 Å². The predicted octanol–water partition coefficient (Wildman–Crippen LogP) is 4.24. The summed E-state index contributed by atoms with van der Waals surface area (Å²) in [5, 5.41) is 2.72. The van der Waals surface area contributed by atoms with Crippen molar-refractivity contribution in [3.05, 3.63) is 95.2 Å². The lowest BCUT2D eigenvalue weighted by atomic mass is 10.1. The van der Waals surface area contributed by atoms with Crippen molar-refractivity contribution in [2.75, 3.05) is 13.7 Å². The molecule has 7 heteroatoms. The molecular weight excluding hydrogens is 390 g/mol. The molecule has 0 saturated carbocycles. The summed E-state index contributed by atoms with van der Waals surface area (Å²) in [6, 6.07) is 15.6. The maximum Gasteiger partial charge on any atom is 0.407 e. The minimum Gasteiger partial charge on any atom is -0.481 e. The first-order valence-corrected chi connectivity index (χ1v) is 9.00. The molecule has 0 unspecified atom stereocenters. The molecule has 1 aliphatic heterocycles. The summed E-state index contributed by atoms with van der Waals surface area (Å²) >= 11 is 0. The predicted molar refractivity (Wildman–Crippen MR) is 107 cm³/mol. The van der Waals surface area contributed by atoms with Crippen LogP contribution in [0.5, 0.6) is 5.88 Å². The molecular formula is C23H18F2N2O3. The van der Waals surface area contributed by atoms with E-state index in [1.165, 1.54) is 0 Å². The molecule has 4 rings (SSSR count). The number of pyridine rings is 1. The Morgan fingerprint density at radius 1 is 1.03 bits per heavy atom. The van der Waals surface area contributed by atoms with Crippen LogP contribution in [0.2, 0.25) is 0 Å². The number of amides is 1. The van der Waals surface area contributed by atoms with Crippen molar-refractivity contribution in [2.45, 2.75) is 6.04 Å². The number of cyclic esters (lactones) is 1. The Morgan fingerprint density at radius 3 is 2.23 bits per heavy atom. The van der Waals surface area contributed by atoms with Crippen LogP contribution in [0.15, 0.2) is 66.9 Å². The number of ether oxygens (including phenoxy) is 2. The summed E-state index contributed by atoms with van der Waals surface area (Å²) < 4.78 is 34.0. The number of hydrogen-bond donors (Lipinski definition) is 1. The van der Waals surface area contributed by atoms with Gasteiger partial charge in [-0.2, -0.15) is 0 Å². The maximum absolute atomic E-state index is 11.9. The van der Waals surface area contributed by atoms with Gasteiger partial charge >= 0.3 is 6.09 Å². The van der Waals surface area contributed by atoms with Crippen molar-refractivity contribution >= 4 is 6.09 Å². The molecule has 1 aromatic heterocycles. The Balaban J connectivity index is 0.000000269. The molecule has 2 heterocycles. The number of hydrogen-bond acceptors (Lipinski definition) is 4. The minimum atomic E-state index is -0.437. The van der Waals surface area contributed by atoms with Crippen LogP contribution in [0.4, 0.5) is 13.6 Å². The number of methoxy groups -OCH3 is 1. The highest BCUT2D eigenvalue weighted by molar-refractivity contribution is 5.70. The van der Waals surface area contributed by atoms with Gasteiger partial charge in [-0.05, 0) is 42.5 Å². The third-order valence-corrected chi connectivity index (χ3v) is 4.05. The lowest BCUT2D eigenvalue weighted by molar-refractivity contribution is 0.176. The first kappa shape index (κ1) is 20.8. The van der Waals surface area contributed by atoms with E-state index >= 15 is 0 Å². The van der Waals surface area contributed by atoms with E-state index in [1.54, 1.807) is 13.3 Å². The standard InChI is InChI=1S/C17H14N2O3.C6H4F2/c1-21-16-14(15-11-22-17(20)19-15)9-13(10-18-16)8-7-12-5-3-2-4-6-12;7-5-1-2-6(8)4-3-5/h2-6,9-10,15H,11H2,1H3,(H,19,20);1-4H/t15-;/m0./s1. The second-order valence-electron chi connectivity index (χ2n) is 6.17. The van der Waals surface area contributed by atoms with Crippen molar-refractivity contribution in [3.63, 3.8) is 0 Å². The summed E-state index contributed by atoms with van der Waals surface area (Å²) in [6.45, 7) is 0.256. The first-order valence-electron chi connectivity index (χ1n) is 9.00. The Kier molecular flexibility index (Phi) is 6.95. The third kappa shape index (κ3) is 5.79. The van der Waals surface area contributed by atoms with Crippen LogP contribution < -0.4 is 10.1 Å². The van der Waals surface area contributed by atoms with Crippen molar-refractivity contribution in [1.29, 1.82) is 0 Å². The molecule has 1 amide bonds. The number of rotatable bonds is 2. The Labute approximate surface area is 172 Å². The van der Waals surface area contributed by atoms with E-state index in [9.17, 15) is 13.6 Å². The summed E-state index contributed by atoms with van der Waals surface area (Å²) in [5.74, 6) is 5.78. The Morgan fingerprint density at radius 2 is 1.67 bits per heavy atom. The fraction of sp³-hybridized carbons (Fsp3) is 0.130. The summed E-state index contributed by atoms with van der Waals surface area (Å²) in [6.07, 6.45) is 1.21. The highest BCUT2D eigenvalue weighted by Gasteiger charge is 2.27. The number of halogens is 2. The van der Waals surface area contributed by atoms with E-state index in [0.29, 0.717) is 5.88 Å². The zero-order valence-corrected chi connectivity index (χ0v) is 16.1. The van der Waals surface area contributed by atoms with Gasteiger partial charge in [0.05, 0.1) is 13.2 Å². The van der Waals surface area contributed by atoms with Crippen LogP contribution in [0.25, 0.3) is 0 Å². The van der Waals surface area contributed by atoms with E-state index < -0.39 is 17.7 Å². The first-order chi connectivity index (χ1) is 14.5.